The van der Waals surface area contributed by atoms with Crippen LogP contribution in [-0.2, 0) is 22.5 Å². The Morgan fingerprint density at radius 2 is 2.15 bits per heavy atom. The fourth-order valence-corrected chi connectivity index (χ4v) is 4.35. The fraction of sp³-hybridized carbons (Fsp3) is 0.619. The first-order chi connectivity index (χ1) is 12.4. The van der Waals surface area contributed by atoms with E-state index in [4.69, 9.17) is 16.3 Å². The van der Waals surface area contributed by atoms with Crippen LogP contribution in [0.15, 0.2) is 18.2 Å². The zero-order valence-electron chi connectivity index (χ0n) is 16.2. The molecule has 3 rings (SSSR count). The van der Waals surface area contributed by atoms with Crippen molar-refractivity contribution in [3.8, 4) is 0 Å². The molecule has 1 fully saturated rings. The van der Waals surface area contributed by atoms with Gasteiger partial charge >= 0.3 is 5.97 Å². The van der Waals surface area contributed by atoms with Crippen molar-refractivity contribution in [3.63, 3.8) is 0 Å². The summed E-state index contributed by atoms with van der Waals surface area (Å²) in [4.78, 5) is 17.4. The minimum Gasteiger partial charge on any atom is -0.461 e. The Bertz CT molecular complexity index is 784. The second kappa shape index (κ2) is 7.99. The lowest BCUT2D eigenvalue weighted by Gasteiger charge is -2.36. The molecule has 26 heavy (non-hydrogen) atoms. The van der Waals surface area contributed by atoms with E-state index in [2.05, 4.69) is 25.8 Å². The Kier molecular flexibility index (Phi) is 5.91. The summed E-state index contributed by atoms with van der Waals surface area (Å²) in [6.07, 6.45) is 4.12. The highest BCUT2D eigenvalue weighted by molar-refractivity contribution is 6.31. The van der Waals surface area contributed by atoms with E-state index in [-0.39, 0.29) is 18.6 Å². The molecule has 0 saturated heterocycles. The van der Waals surface area contributed by atoms with Crippen molar-refractivity contribution in [2.75, 3.05) is 0 Å². The maximum absolute atomic E-state index is 12.7. The van der Waals surface area contributed by atoms with Crippen LogP contribution in [0.4, 0.5) is 0 Å². The molecule has 0 amide bonds. The summed E-state index contributed by atoms with van der Waals surface area (Å²) < 4.78 is 7.93. The van der Waals surface area contributed by atoms with Gasteiger partial charge in [-0.2, -0.15) is 0 Å². The number of fused-ring (bicyclic) bond motifs is 1. The SMILES string of the molecule is CCc1nc2cc(Cl)ccc2n1CC(=O)O[C@@H]1C[C@H](C)CC[C@H]1C(C)C. The van der Waals surface area contributed by atoms with Crippen LogP contribution in [0, 0.1) is 17.8 Å². The molecule has 1 aliphatic rings. The average molecular weight is 377 g/mol. The molecule has 0 bridgehead atoms. The topological polar surface area (TPSA) is 44.1 Å². The van der Waals surface area contributed by atoms with Gasteiger partial charge in [-0.15, -0.1) is 0 Å². The van der Waals surface area contributed by atoms with Crippen molar-refractivity contribution in [1.29, 1.82) is 0 Å². The van der Waals surface area contributed by atoms with E-state index >= 15 is 0 Å². The van der Waals surface area contributed by atoms with Gasteiger partial charge in [0.1, 0.15) is 18.5 Å². The minimum atomic E-state index is -0.168. The number of carbonyl (C=O) groups excluding carboxylic acids is 1. The number of aromatic nitrogens is 2. The van der Waals surface area contributed by atoms with Gasteiger partial charge in [0.05, 0.1) is 11.0 Å². The number of halogens is 1. The molecule has 0 spiro atoms. The first kappa shape index (κ1) is 19.2. The van der Waals surface area contributed by atoms with Gasteiger partial charge in [-0.1, -0.05) is 45.7 Å². The van der Waals surface area contributed by atoms with Crippen molar-refractivity contribution in [1.82, 2.24) is 9.55 Å². The molecule has 1 aromatic heterocycles. The van der Waals surface area contributed by atoms with E-state index in [0.29, 0.717) is 22.8 Å². The molecule has 1 saturated carbocycles. The van der Waals surface area contributed by atoms with Crippen molar-refractivity contribution in [3.05, 3.63) is 29.0 Å². The van der Waals surface area contributed by atoms with E-state index in [1.165, 1.54) is 6.42 Å². The summed E-state index contributed by atoms with van der Waals surface area (Å²) in [5.41, 5.74) is 1.76. The first-order valence-electron chi connectivity index (χ1n) is 9.73. The molecule has 0 unspecified atom stereocenters. The smallest absolute Gasteiger partial charge is 0.326 e. The van der Waals surface area contributed by atoms with E-state index in [9.17, 15) is 4.79 Å². The number of aryl methyl sites for hydroxylation is 1. The number of esters is 1. The van der Waals surface area contributed by atoms with Gasteiger partial charge in [-0.05, 0) is 48.8 Å². The quantitative estimate of drug-likeness (QED) is 0.669. The first-order valence-corrected chi connectivity index (χ1v) is 10.1. The molecular weight excluding hydrogens is 348 g/mol. The monoisotopic (exact) mass is 376 g/mol. The van der Waals surface area contributed by atoms with Crippen LogP contribution in [-0.4, -0.2) is 21.6 Å². The maximum Gasteiger partial charge on any atom is 0.326 e. The molecule has 4 nitrogen and oxygen atoms in total. The zero-order valence-corrected chi connectivity index (χ0v) is 16.9. The Morgan fingerprint density at radius 1 is 1.38 bits per heavy atom. The Hall–Kier alpha value is -1.55. The van der Waals surface area contributed by atoms with E-state index in [1.807, 2.05) is 29.7 Å². The number of carbonyl (C=O) groups is 1. The van der Waals surface area contributed by atoms with Gasteiger partial charge < -0.3 is 9.30 Å². The van der Waals surface area contributed by atoms with Gasteiger partial charge in [0, 0.05) is 11.4 Å². The normalized spacial score (nSPS) is 23.5. The largest absolute Gasteiger partial charge is 0.461 e. The molecule has 1 aromatic carbocycles. The van der Waals surface area contributed by atoms with E-state index < -0.39 is 0 Å². The number of hydrogen-bond donors (Lipinski definition) is 0. The van der Waals surface area contributed by atoms with Crippen molar-refractivity contribution < 1.29 is 9.53 Å². The van der Waals surface area contributed by atoms with Crippen molar-refractivity contribution >= 4 is 28.6 Å². The molecule has 3 atom stereocenters. The molecule has 1 aliphatic carbocycles. The molecule has 2 aromatic rings. The molecule has 0 N–H and O–H groups in total. The van der Waals surface area contributed by atoms with Gasteiger partial charge in [-0.3, -0.25) is 4.79 Å². The number of nitrogens with zero attached hydrogens (tertiary/aromatic N) is 2. The van der Waals surface area contributed by atoms with Gasteiger partial charge in [0.25, 0.3) is 0 Å². The second-order valence-electron chi connectivity index (χ2n) is 7.96. The van der Waals surface area contributed by atoms with Crippen LogP contribution in [0.3, 0.4) is 0 Å². The summed E-state index contributed by atoms with van der Waals surface area (Å²) in [6.45, 7) is 8.95. The third kappa shape index (κ3) is 4.06. The Morgan fingerprint density at radius 3 is 2.85 bits per heavy atom. The number of imidazole rings is 1. The van der Waals surface area contributed by atoms with Crippen molar-refractivity contribution in [2.45, 2.75) is 66.0 Å². The Balaban J connectivity index is 1.78. The van der Waals surface area contributed by atoms with Gasteiger partial charge in [0.2, 0.25) is 0 Å². The molecule has 5 heteroatoms. The Labute approximate surface area is 160 Å². The van der Waals surface area contributed by atoms with E-state index in [1.54, 1.807) is 0 Å². The highest BCUT2D eigenvalue weighted by Gasteiger charge is 2.33. The summed E-state index contributed by atoms with van der Waals surface area (Å²) in [5.74, 6) is 2.32. The lowest BCUT2D eigenvalue weighted by atomic mass is 9.75. The predicted molar refractivity (Wildman–Crippen MR) is 105 cm³/mol. The van der Waals surface area contributed by atoms with Crippen LogP contribution in [0.25, 0.3) is 11.0 Å². The lowest BCUT2D eigenvalue weighted by Crippen LogP contribution is -2.36. The van der Waals surface area contributed by atoms with Gasteiger partial charge in [-0.25, -0.2) is 4.98 Å². The minimum absolute atomic E-state index is 0.0283. The summed E-state index contributed by atoms with van der Waals surface area (Å²) in [6, 6.07) is 5.61. The maximum atomic E-state index is 12.7. The summed E-state index contributed by atoms with van der Waals surface area (Å²) in [5, 5.41) is 0.656. The summed E-state index contributed by atoms with van der Waals surface area (Å²) in [7, 11) is 0. The zero-order chi connectivity index (χ0) is 18.8. The molecule has 1 heterocycles. The van der Waals surface area contributed by atoms with Gasteiger partial charge in [0.15, 0.2) is 0 Å². The highest BCUT2D eigenvalue weighted by Crippen LogP contribution is 2.35. The van der Waals surface area contributed by atoms with Crippen molar-refractivity contribution in [2.24, 2.45) is 17.8 Å². The lowest BCUT2D eigenvalue weighted by molar-refractivity contribution is -0.156. The molecule has 142 valence electrons. The van der Waals surface area contributed by atoms with Crippen LogP contribution in [0.1, 0.15) is 52.8 Å². The highest BCUT2D eigenvalue weighted by atomic mass is 35.5. The second-order valence-corrected chi connectivity index (χ2v) is 8.39. The van der Waals surface area contributed by atoms with Crippen LogP contribution >= 0.6 is 11.6 Å². The van der Waals surface area contributed by atoms with Crippen LogP contribution in [0.2, 0.25) is 5.02 Å². The number of rotatable bonds is 5. The van der Waals surface area contributed by atoms with Crippen LogP contribution in [0.5, 0.6) is 0 Å². The number of ether oxygens (including phenoxy) is 1. The van der Waals surface area contributed by atoms with E-state index in [0.717, 1.165) is 36.1 Å². The summed E-state index contributed by atoms with van der Waals surface area (Å²) >= 11 is 6.08. The average Bonchev–Trinajstić information content (AvgIpc) is 2.91. The molecular formula is C21H29ClN2O2. The predicted octanol–water partition coefficient (Wildman–Crippen LogP) is 5.26. The molecule has 0 aliphatic heterocycles. The third-order valence-electron chi connectivity index (χ3n) is 5.64. The molecule has 0 radical (unpaired) electrons. The number of hydrogen-bond acceptors (Lipinski definition) is 3. The third-order valence-corrected chi connectivity index (χ3v) is 5.87. The number of benzene rings is 1. The fourth-order valence-electron chi connectivity index (χ4n) is 4.18. The standard InChI is InChI=1S/C21H29ClN2O2/c1-5-20-23-17-11-15(22)7-9-18(17)24(20)12-21(25)26-19-10-14(4)6-8-16(19)13(2)3/h7,9,11,13-14,16,19H,5-6,8,10,12H2,1-4H3/t14-,16+,19-/m1/s1. The van der Waals surface area contributed by atoms with Crippen LogP contribution < -0.4 is 0 Å².